The summed E-state index contributed by atoms with van der Waals surface area (Å²) in [5.41, 5.74) is -1.07. The van der Waals surface area contributed by atoms with Gasteiger partial charge in [-0.1, -0.05) is 206 Å². The third-order valence-electron chi connectivity index (χ3n) is 12.0. The van der Waals surface area contributed by atoms with Gasteiger partial charge in [-0.05, 0) is 26.7 Å². The lowest BCUT2D eigenvalue weighted by Gasteiger charge is -2.30. The highest BCUT2D eigenvalue weighted by Crippen LogP contribution is 2.18. The zero-order valence-electron chi connectivity index (χ0n) is 40.8. The molecule has 1 aliphatic rings. The van der Waals surface area contributed by atoms with Gasteiger partial charge in [-0.15, -0.1) is 0 Å². The number of ether oxygens (including phenoxy) is 8. The van der Waals surface area contributed by atoms with Crippen molar-refractivity contribution in [2.45, 2.75) is 244 Å². The summed E-state index contributed by atoms with van der Waals surface area (Å²) >= 11 is 0. The van der Waals surface area contributed by atoms with Crippen LogP contribution in [0.2, 0.25) is 0 Å². The predicted molar refractivity (Wildman–Crippen MR) is 253 cm³/mol. The van der Waals surface area contributed by atoms with E-state index in [1.165, 1.54) is 193 Å². The van der Waals surface area contributed by atoms with Crippen molar-refractivity contribution in [3.05, 3.63) is 0 Å². The molecule has 8 heteroatoms. The minimum atomic E-state index is -0.536. The molecule has 0 N–H and O–H groups in total. The van der Waals surface area contributed by atoms with Crippen LogP contribution in [0.4, 0.5) is 0 Å². The van der Waals surface area contributed by atoms with Crippen LogP contribution in [-0.4, -0.2) is 104 Å². The Balaban J connectivity index is 2.14. The van der Waals surface area contributed by atoms with Gasteiger partial charge in [-0.25, -0.2) is 0 Å². The van der Waals surface area contributed by atoms with E-state index in [4.69, 9.17) is 37.9 Å². The number of unbranched alkanes of at least 4 members (excludes halogenated alkanes) is 30. The van der Waals surface area contributed by atoms with Crippen LogP contribution < -0.4 is 0 Å². The van der Waals surface area contributed by atoms with E-state index in [0.29, 0.717) is 79.3 Å². The molecule has 1 aliphatic heterocycles. The molecule has 0 aliphatic carbocycles. The maximum atomic E-state index is 6.30. The largest absolute Gasteiger partial charge is 0.378 e. The highest BCUT2D eigenvalue weighted by atomic mass is 16.6. The summed E-state index contributed by atoms with van der Waals surface area (Å²) in [5.74, 6) is 0. The van der Waals surface area contributed by atoms with Crippen LogP contribution in [0.15, 0.2) is 0 Å². The number of rotatable bonds is 38. The fourth-order valence-electron chi connectivity index (χ4n) is 8.04. The van der Waals surface area contributed by atoms with Crippen molar-refractivity contribution in [3.63, 3.8) is 0 Å². The first-order chi connectivity index (χ1) is 29.5. The van der Waals surface area contributed by atoms with Crippen LogP contribution in [0.1, 0.15) is 233 Å². The minimum absolute atomic E-state index is 0.451. The first kappa shape index (κ1) is 57.7. The quantitative estimate of drug-likeness (QED) is 0.0569. The van der Waals surface area contributed by atoms with E-state index < -0.39 is 11.2 Å². The van der Waals surface area contributed by atoms with Crippen molar-refractivity contribution in [2.24, 2.45) is 0 Å². The van der Waals surface area contributed by atoms with Crippen LogP contribution in [0.3, 0.4) is 0 Å². The standard InChI is InChI=1S/C52H104O8/c1-5-7-9-11-13-15-17-19-21-23-25-27-29-31-33-35-37-55-47-51(3)49-57-41-39-53-40-42-58-50-52(4,60-46-44-54-43-45-59-51)48-56-38-36-34-32-30-28-26-24-22-20-18-16-14-12-10-8-6-2/h5-50H2,1-4H3/t51-,52+. The first-order valence-electron chi connectivity index (χ1n) is 26.3. The van der Waals surface area contributed by atoms with E-state index in [1.54, 1.807) is 0 Å². The van der Waals surface area contributed by atoms with E-state index in [9.17, 15) is 0 Å². The zero-order valence-corrected chi connectivity index (χ0v) is 40.8. The zero-order chi connectivity index (χ0) is 43.2. The third-order valence-corrected chi connectivity index (χ3v) is 12.0. The second kappa shape index (κ2) is 45.3. The molecule has 0 aromatic rings. The smallest absolute Gasteiger partial charge is 0.112 e. The summed E-state index contributed by atoms with van der Waals surface area (Å²) < 4.78 is 48.6. The van der Waals surface area contributed by atoms with E-state index >= 15 is 0 Å². The lowest BCUT2D eigenvalue weighted by atomic mass is 10.0. The van der Waals surface area contributed by atoms with Gasteiger partial charge in [0.1, 0.15) is 11.2 Å². The highest BCUT2D eigenvalue weighted by molar-refractivity contribution is 4.76. The van der Waals surface area contributed by atoms with Gasteiger partial charge in [-0.2, -0.15) is 0 Å². The minimum Gasteiger partial charge on any atom is -0.378 e. The average Bonchev–Trinajstić information content (AvgIpc) is 3.24. The molecule has 0 spiro atoms. The summed E-state index contributed by atoms with van der Waals surface area (Å²) in [5, 5.41) is 0. The molecule has 1 heterocycles. The predicted octanol–water partition coefficient (Wildman–Crippen LogP) is 14.2. The molecule has 0 bridgehead atoms. The number of hydrogen-bond acceptors (Lipinski definition) is 8. The lowest BCUT2D eigenvalue weighted by Crippen LogP contribution is -2.42. The summed E-state index contributed by atoms with van der Waals surface area (Å²) in [6, 6.07) is 0. The monoisotopic (exact) mass is 857 g/mol. The van der Waals surface area contributed by atoms with Gasteiger partial charge in [0.2, 0.25) is 0 Å². The Morgan fingerprint density at radius 2 is 0.533 bits per heavy atom. The molecule has 0 saturated carbocycles. The van der Waals surface area contributed by atoms with Crippen molar-refractivity contribution in [1.29, 1.82) is 0 Å². The molecule has 0 radical (unpaired) electrons. The molecule has 0 aromatic carbocycles. The van der Waals surface area contributed by atoms with E-state index in [-0.39, 0.29) is 0 Å². The van der Waals surface area contributed by atoms with E-state index in [2.05, 4.69) is 27.7 Å². The van der Waals surface area contributed by atoms with Crippen LogP contribution in [-0.2, 0) is 37.9 Å². The molecule has 0 amide bonds. The number of hydrogen-bond donors (Lipinski definition) is 0. The lowest BCUT2D eigenvalue weighted by molar-refractivity contribution is -0.153. The summed E-state index contributed by atoms with van der Waals surface area (Å²) in [6.45, 7) is 16.1. The second-order valence-corrected chi connectivity index (χ2v) is 18.6. The first-order valence-corrected chi connectivity index (χ1v) is 26.3. The van der Waals surface area contributed by atoms with Crippen molar-refractivity contribution in [1.82, 2.24) is 0 Å². The molecular formula is C52H104O8. The molecular weight excluding hydrogens is 753 g/mol. The average molecular weight is 857 g/mol. The van der Waals surface area contributed by atoms with Gasteiger partial charge in [0.15, 0.2) is 0 Å². The van der Waals surface area contributed by atoms with Crippen LogP contribution in [0, 0.1) is 0 Å². The van der Waals surface area contributed by atoms with Crippen molar-refractivity contribution in [2.75, 3.05) is 92.5 Å². The Labute approximate surface area is 373 Å². The summed E-state index contributed by atoms with van der Waals surface area (Å²) in [4.78, 5) is 0. The van der Waals surface area contributed by atoms with Crippen LogP contribution >= 0.6 is 0 Å². The van der Waals surface area contributed by atoms with E-state index in [0.717, 1.165) is 26.1 Å². The molecule has 2 atom stereocenters. The van der Waals surface area contributed by atoms with Gasteiger partial charge in [0, 0.05) is 13.2 Å². The van der Waals surface area contributed by atoms with Crippen molar-refractivity contribution in [3.8, 4) is 0 Å². The SMILES string of the molecule is CCCCCCCCCCCCCCCCCCOC[C@@]1(C)COCCOCCOC[C@@](C)(COCCCCCCCCCCCCCCCCCC)OCCOCCO1. The molecule has 8 nitrogen and oxygen atoms in total. The molecule has 360 valence electrons. The third kappa shape index (κ3) is 40.5. The van der Waals surface area contributed by atoms with Gasteiger partial charge in [0.05, 0.1) is 79.3 Å². The van der Waals surface area contributed by atoms with Crippen LogP contribution in [0.5, 0.6) is 0 Å². The van der Waals surface area contributed by atoms with Gasteiger partial charge in [0.25, 0.3) is 0 Å². The van der Waals surface area contributed by atoms with Crippen molar-refractivity contribution < 1.29 is 37.9 Å². The fraction of sp³-hybridized carbons (Fsp3) is 1.00. The maximum Gasteiger partial charge on any atom is 0.112 e. The Hall–Kier alpha value is -0.320. The Morgan fingerprint density at radius 3 is 0.817 bits per heavy atom. The van der Waals surface area contributed by atoms with Gasteiger partial charge < -0.3 is 37.9 Å². The molecule has 1 rings (SSSR count). The van der Waals surface area contributed by atoms with Crippen LogP contribution in [0.25, 0.3) is 0 Å². The highest BCUT2D eigenvalue weighted by Gasteiger charge is 2.28. The molecule has 1 fully saturated rings. The topological polar surface area (TPSA) is 73.8 Å². The van der Waals surface area contributed by atoms with Crippen molar-refractivity contribution >= 4 is 0 Å². The summed E-state index contributed by atoms with van der Waals surface area (Å²) in [6.07, 6.45) is 43.9. The Kier molecular flexibility index (Phi) is 43.5. The normalized spacial score (nSPS) is 20.6. The second-order valence-electron chi connectivity index (χ2n) is 18.6. The Bertz CT molecular complexity index is 768. The van der Waals surface area contributed by atoms with E-state index in [1.807, 2.05) is 0 Å². The molecule has 60 heavy (non-hydrogen) atoms. The molecule has 0 aromatic heterocycles. The Morgan fingerprint density at radius 1 is 0.300 bits per heavy atom. The van der Waals surface area contributed by atoms with Gasteiger partial charge >= 0.3 is 0 Å². The van der Waals surface area contributed by atoms with Gasteiger partial charge in [-0.3, -0.25) is 0 Å². The fourth-order valence-corrected chi connectivity index (χ4v) is 8.04. The maximum absolute atomic E-state index is 6.30. The molecule has 0 unspecified atom stereocenters. The molecule has 1 saturated heterocycles. The summed E-state index contributed by atoms with van der Waals surface area (Å²) in [7, 11) is 0.